The molecular weight excluding hydrogens is 162 g/mol. The largest absolute Gasteiger partial charge is 0.417 e. The first-order valence-corrected chi connectivity index (χ1v) is 3.72. The third-order valence-electron chi connectivity index (χ3n) is 0.963. The third kappa shape index (κ3) is 2.95. The van der Waals surface area contributed by atoms with Crippen molar-refractivity contribution in [3.63, 3.8) is 0 Å². The molecule has 0 bridgehead atoms. The van der Waals surface area contributed by atoms with E-state index in [1.165, 1.54) is 0 Å². The Labute approximate surface area is 68.7 Å². The van der Waals surface area contributed by atoms with Crippen LogP contribution in [0.15, 0.2) is 35.2 Å². The number of hydrogen-bond acceptors (Lipinski definition) is 3. The summed E-state index contributed by atoms with van der Waals surface area (Å²) in [5.41, 5.74) is 4.76. The lowest BCUT2D eigenvalue weighted by atomic mass is 10.4. The molecule has 1 aromatic carbocycles. The number of nitrogens with two attached hydrogens (primary N) is 1. The number of hydrogen-bond donors (Lipinski definition) is 1. The second-order valence-corrected chi connectivity index (χ2v) is 2.60. The van der Waals surface area contributed by atoms with E-state index in [0.717, 1.165) is 16.9 Å². The molecule has 58 valence electrons. The van der Waals surface area contributed by atoms with Crippen molar-refractivity contribution >= 4 is 18.1 Å². The summed E-state index contributed by atoms with van der Waals surface area (Å²) in [5, 5.41) is 0. The van der Waals surface area contributed by atoms with Gasteiger partial charge in [-0.15, -0.1) is 0 Å². The number of carbonyl (C=O) groups is 1. The zero-order valence-corrected chi connectivity index (χ0v) is 6.51. The summed E-state index contributed by atoms with van der Waals surface area (Å²) in [5.74, 6) is 0. The molecule has 0 aromatic heterocycles. The maximum Gasteiger partial charge on any atom is 0.417 e. The van der Waals surface area contributed by atoms with Crippen LogP contribution in [0, 0.1) is 0 Å². The van der Waals surface area contributed by atoms with Gasteiger partial charge in [-0.05, 0) is 12.1 Å². The van der Waals surface area contributed by atoms with Crippen molar-refractivity contribution in [2.45, 2.75) is 4.90 Å². The summed E-state index contributed by atoms with van der Waals surface area (Å²) in [6.45, 7) is 0. The van der Waals surface area contributed by atoms with Crippen LogP contribution >= 0.6 is 12.0 Å². The molecule has 0 saturated heterocycles. The first-order chi connectivity index (χ1) is 5.29. The van der Waals surface area contributed by atoms with Gasteiger partial charge in [0.15, 0.2) is 0 Å². The second kappa shape index (κ2) is 3.88. The van der Waals surface area contributed by atoms with E-state index in [1.54, 1.807) is 0 Å². The monoisotopic (exact) mass is 169 g/mol. The molecule has 1 rings (SSSR count). The van der Waals surface area contributed by atoms with Crippen LogP contribution in [0.25, 0.3) is 0 Å². The summed E-state index contributed by atoms with van der Waals surface area (Å²) < 4.78 is 4.48. The number of rotatable bonds is 2. The number of amides is 1. The maximum absolute atomic E-state index is 10.2. The zero-order chi connectivity index (χ0) is 8.10. The van der Waals surface area contributed by atoms with E-state index < -0.39 is 6.09 Å². The van der Waals surface area contributed by atoms with Gasteiger partial charge in [0.1, 0.15) is 0 Å². The Kier molecular flexibility index (Phi) is 2.80. The minimum Gasteiger partial charge on any atom is -0.370 e. The first kappa shape index (κ1) is 7.94. The summed E-state index contributed by atoms with van der Waals surface area (Å²) in [7, 11) is 0. The van der Waals surface area contributed by atoms with Crippen LogP contribution in [-0.2, 0) is 4.18 Å². The summed E-state index contributed by atoms with van der Waals surface area (Å²) in [6, 6.07) is 9.24. The summed E-state index contributed by atoms with van der Waals surface area (Å²) in [6.07, 6.45) is -0.779. The Balaban J connectivity index is 2.45. The van der Waals surface area contributed by atoms with Gasteiger partial charge < -0.3 is 9.92 Å². The minimum atomic E-state index is -0.779. The van der Waals surface area contributed by atoms with E-state index in [4.69, 9.17) is 5.73 Å². The second-order valence-electron chi connectivity index (χ2n) is 1.80. The van der Waals surface area contributed by atoms with Gasteiger partial charge in [-0.3, -0.25) is 0 Å². The minimum absolute atomic E-state index is 0.779. The molecule has 0 saturated carbocycles. The van der Waals surface area contributed by atoms with Crippen molar-refractivity contribution < 1.29 is 8.98 Å². The molecule has 0 radical (unpaired) electrons. The third-order valence-corrected chi connectivity index (χ3v) is 1.68. The summed E-state index contributed by atoms with van der Waals surface area (Å²) >= 11 is 0.954. The molecule has 0 spiro atoms. The van der Waals surface area contributed by atoms with Crippen LogP contribution in [0.2, 0.25) is 0 Å². The van der Waals surface area contributed by atoms with Crippen molar-refractivity contribution in [3.05, 3.63) is 30.3 Å². The van der Waals surface area contributed by atoms with Crippen LogP contribution < -0.4 is 5.73 Å². The molecule has 0 aliphatic heterocycles. The van der Waals surface area contributed by atoms with Gasteiger partial charge in [0, 0.05) is 4.90 Å². The lowest BCUT2D eigenvalue weighted by Crippen LogP contribution is -2.07. The van der Waals surface area contributed by atoms with Gasteiger partial charge in [-0.1, -0.05) is 18.2 Å². The highest BCUT2D eigenvalue weighted by Gasteiger charge is 1.95. The fourth-order valence-corrected chi connectivity index (χ4v) is 1.01. The van der Waals surface area contributed by atoms with E-state index in [9.17, 15) is 4.79 Å². The molecule has 0 heterocycles. The number of benzene rings is 1. The van der Waals surface area contributed by atoms with E-state index >= 15 is 0 Å². The highest BCUT2D eigenvalue weighted by Crippen LogP contribution is 2.17. The van der Waals surface area contributed by atoms with Crippen molar-refractivity contribution in [1.82, 2.24) is 0 Å². The highest BCUT2D eigenvalue weighted by atomic mass is 32.2. The Morgan fingerprint density at radius 3 is 2.55 bits per heavy atom. The first-order valence-electron chi connectivity index (χ1n) is 2.98. The predicted molar refractivity (Wildman–Crippen MR) is 43.0 cm³/mol. The van der Waals surface area contributed by atoms with Gasteiger partial charge in [-0.25, -0.2) is 4.79 Å². The van der Waals surface area contributed by atoms with Crippen molar-refractivity contribution in [2.75, 3.05) is 0 Å². The molecule has 0 aliphatic carbocycles. The molecule has 0 atom stereocenters. The van der Waals surface area contributed by atoms with Crippen LogP contribution in [0.5, 0.6) is 0 Å². The van der Waals surface area contributed by atoms with E-state index in [1.807, 2.05) is 30.3 Å². The van der Waals surface area contributed by atoms with Crippen molar-refractivity contribution in [1.29, 1.82) is 0 Å². The number of primary amides is 1. The quantitative estimate of drug-likeness (QED) is 0.686. The predicted octanol–water partition coefficient (Wildman–Crippen LogP) is 1.79. The fourth-order valence-electron chi connectivity index (χ4n) is 0.565. The topological polar surface area (TPSA) is 52.3 Å². The average Bonchev–Trinajstić information content (AvgIpc) is 2.03. The van der Waals surface area contributed by atoms with Crippen LogP contribution in [0.3, 0.4) is 0 Å². The van der Waals surface area contributed by atoms with Gasteiger partial charge in [-0.2, -0.15) is 0 Å². The normalized spacial score (nSPS) is 9.09. The standard InChI is InChI=1S/C7H7NO2S/c8-7(9)10-11-6-4-2-1-3-5-6/h1-5H,(H2,8,9). The molecule has 4 heteroatoms. The van der Waals surface area contributed by atoms with Crippen molar-refractivity contribution in [3.8, 4) is 0 Å². The molecule has 1 aromatic rings. The Bertz CT molecular complexity index is 237. The smallest absolute Gasteiger partial charge is 0.370 e. The van der Waals surface area contributed by atoms with Gasteiger partial charge in [0.2, 0.25) is 0 Å². The molecule has 11 heavy (non-hydrogen) atoms. The molecule has 0 fully saturated rings. The van der Waals surface area contributed by atoms with Crippen LogP contribution in [0.1, 0.15) is 0 Å². The van der Waals surface area contributed by atoms with Gasteiger partial charge in [0.25, 0.3) is 0 Å². The lowest BCUT2D eigenvalue weighted by molar-refractivity contribution is 0.218. The zero-order valence-electron chi connectivity index (χ0n) is 5.69. The van der Waals surface area contributed by atoms with Gasteiger partial charge >= 0.3 is 6.09 Å². The van der Waals surface area contributed by atoms with Crippen molar-refractivity contribution in [2.24, 2.45) is 5.73 Å². The molecule has 0 unspecified atom stereocenters. The summed E-state index contributed by atoms with van der Waals surface area (Å²) in [4.78, 5) is 11.0. The Hall–Kier alpha value is -1.16. The molecule has 3 nitrogen and oxygen atoms in total. The Morgan fingerprint density at radius 1 is 1.36 bits per heavy atom. The van der Waals surface area contributed by atoms with E-state index in [2.05, 4.69) is 4.18 Å². The maximum atomic E-state index is 10.2. The van der Waals surface area contributed by atoms with Crippen LogP contribution in [-0.4, -0.2) is 6.09 Å². The molecule has 0 aliphatic rings. The SMILES string of the molecule is NC(=O)OSc1ccccc1. The average molecular weight is 169 g/mol. The van der Waals surface area contributed by atoms with Gasteiger partial charge in [0.05, 0.1) is 12.0 Å². The van der Waals surface area contributed by atoms with E-state index in [-0.39, 0.29) is 0 Å². The fraction of sp³-hybridized carbons (Fsp3) is 0. The number of carbonyl (C=O) groups excluding carboxylic acids is 1. The van der Waals surface area contributed by atoms with Crippen LogP contribution in [0.4, 0.5) is 4.79 Å². The van der Waals surface area contributed by atoms with E-state index in [0.29, 0.717) is 0 Å². The lowest BCUT2D eigenvalue weighted by Gasteiger charge is -1.96. The highest BCUT2D eigenvalue weighted by molar-refractivity contribution is 7.95. The molecule has 1 amide bonds. The Morgan fingerprint density at radius 2 is 2.00 bits per heavy atom. The molecular formula is C7H7NO2S. The molecule has 2 N–H and O–H groups in total.